The summed E-state index contributed by atoms with van der Waals surface area (Å²) in [6.07, 6.45) is 6.50. The van der Waals surface area contributed by atoms with Crippen molar-refractivity contribution in [2.45, 2.75) is 51.9 Å². The Morgan fingerprint density at radius 3 is 2.30 bits per heavy atom. The first-order valence-corrected chi connectivity index (χ1v) is 15.7. The summed E-state index contributed by atoms with van der Waals surface area (Å²) in [6, 6.07) is 10.2. The number of carbonyl (C=O) groups is 2. The quantitative estimate of drug-likeness (QED) is 0.133. The van der Waals surface area contributed by atoms with Gasteiger partial charge >= 0.3 is 51.4 Å². The molecule has 6 nitrogen and oxygen atoms in total. The van der Waals surface area contributed by atoms with Crippen LogP contribution >= 0.6 is 63.7 Å². The summed E-state index contributed by atoms with van der Waals surface area (Å²) in [5.41, 5.74) is 1.81. The van der Waals surface area contributed by atoms with E-state index in [1.165, 1.54) is 6.42 Å². The number of rotatable bonds is 9. The Labute approximate surface area is 308 Å². The van der Waals surface area contributed by atoms with Gasteiger partial charge in [0.2, 0.25) is 11.3 Å². The molecular formula is C29H24Br4KNO5. The zero-order valence-electron chi connectivity index (χ0n) is 22.0. The first-order valence-electron chi connectivity index (χ1n) is 12.5. The summed E-state index contributed by atoms with van der Waals surface area (Å²) < 4.78 is 7.04. The molecule has 11 heteroatoms. The van der Waals surface area contributed by atoms with Crippen LogP contribution in [0.4, 0.5) is 0 Å². The Hall–Kier alpha value is -0.374. The average molecular weight is 825 g/mol. The van der Waals surface area contributed by atoms with Gasteiger partial charge in [0, 0.05) is 33.0 Å². The average Bonchev–Trinajstić information content (AvgIpc) is 2.92. The Bertz CT molecular complexity index is 1600. The molecule has 2 aromatic rings. The van der Waals surface area contributed by atoms with E-state index in [1.807, 2.05) is 0 Å². The standard InChI is InChI=1S/C29H25Br4NO5.K/c1-2-3-4-5-6-7-12-21(35)34-29(38)16-11-9-8-10-15(16)22-17-13-19(30)25(36)23(32)27(17)39-28-18(22)14-20(31)26(37)24(28)33;/h8-11,13-14,36H,2-7,12H2,1H3,(H,34,35,38);/q;+1/p-1. The van der Waals surface area contributed by atoms with E-state index in [4.69, 9.17) is 4.42 Å². The van der Waals surface area contributed by atoms with Crippen molar-refractivity contribution in [2.24, 2.45) is 0 Å². The molecule has 0 saturated heterocycles. The maximum atomic E-state index is 13.4. The number of nitrogens with one attached hydrogen (secondary N) is 1. The Morgan fingerprint density at radius 1 is 0.900 bits per heavy atom. The smallest absolute Gasteiger partial charge is 0.871 e. The van der Waals surface area contributed by atoms with Gasteiger partial charge < -0.3 is 9.52 Å². The molecule has 0 aromatic heterocycles. The molecule has 4 rings (SSSR count). The summed E-state index contributed by atoms with van der Waals surface area (Å²) in [5, 5.41) is 15.8. The van der Waals surface area contributed by atoms with Gasteiger partial charge in [-0.25, -0.2) is 0 Å². The van der Waals surface area contributed by atoms with E-state index in [1.54, 1.807) is 36.4 Å². The third kappa shape index (κ3) is 7.39. The minimum absolute atomic E-state index is 0. The second kappa shape index (κ2) is 15.4. The topological polar surface area (TPSA) is 99.4 Å². The van der Waals surface area contributed by atoms with Gasteiger partial charge in [-0.05, 0) is 78.0 Å². The number of hydrogen-bond acceptors (Lipinski definition) is 5. The molecule has 0 radical (unpaired) electrons. The van der Waals surface area contributed by atoms with Crippen molar-refractivity contribution < 1.29 is 70.5 Å². The maximum absolute atomic E-state index is 13.4. The molecule has 2 aromatic carbocycles. The first kappa shape index (κ1) is 34.1. The molecule has 1 aliphatic carbocycles. The second-order valence-electron chi connectivity index (χ2n) is 9.17. The van der Waals surface area contributed by atoms with E-state index in [-0.39, 0.29) is 101 Å². The van der Waals surface area contributed by atoms with Crippen LogP contribution in [-0.4, -0.2) is 11.8 Å². The van der Waals surface area contributed by atoms with Gasteiger partial charge in [0.15, 0.2) is 5.76 Å². The van der Waals surface area contributed by atoms with E-state index in [2.05, 4.69) is 76.0 Å². The maximum Gasteiger partial charge on any atom is 1.00 e. The first-order chi connectivity index (χ1) is 18.6. The number of unbranched alkanes of at least 4 members (excludes halogenated alkanes) is 5. The molecule has 1 N–H and O–H groups in total. The van der Waals surface area contributed by atoms with Crippen LogP contribution in [0.25, 0.3) is 33.4 Å². The molecule has 0 spiro atoms. The molecular weight excluding hydrogens is 801 g/mol. The van der Waals surface area contributed by atoms with Crippen molar-refractivity contribution >= 4 is 86.5 Å². The SMILES string of the molecule is CCCCCCCCC(=O)NC(=O)c1ccccc1-c1c2cc(Br)c(=O)c(Br)c-2oc2c(Br)c([O-])c(Br)cc12.[K+]. The number of hydrogen-bond donors (Lipinski definition) is 1. The molecule has 1 heterocycles. The van der Waals surface area contributed by atoms with Crippen LogP contribution in [0.2, 0.25) is 0 Å². The van der Waals surface area contributed by atoms with Gasteiger partial charge in [-0.3, -0.25) is 19.7 Å². The molecule has 0 saturated carbocycles. The van der Waals surface area contributed by atoms with E-state index in [9.17, 15) is 19.5 Å². The molecule has 0 fully saturated rings. The van der Waals surface area contributed by atoms with Crippen LogP contribution in [-0.2, 0) is 4.79 Å². The van der Waals surface area contributed by atoms with Crippen LogP contribution in [0.1, 0.15) is 62.2 Å². The van der Waals surface area contributed by atoms with Crippen molar-refractivity contribution in [1.82, 2.24) is 5.32 Å². The summed E-state index contributed by atoms with van der Waals surface area (Å²) >= 11 is 13.3. The van der Waals surface area contributed by atoms with Gasteiger partial charge in [-0.1, -0.05) is 78.9 Å². The molecule has 40 heavy (non-hydrogen) atoms. The molecule has 0 bridgehead atoms. The van der Waals surface area contributed by atoms with Crippen LogP contribution in [0.3, 0.4) is 0 Å². The molecule has 0 unspecified atom stereocenters. The molecule has 0 atom stereocenters. The van der Waals surface area contributed by atoms with Gasteiger partial charge in [-0.2, -0.15) is 0 Å². The van der Waals surface area contributed by atoms with E-state index < -0.39 is 5.91 Å². The normalized spacial score (nSPS) is 11.0. The van der Waals surface area contributed by atoms with Crippen molar-refractivity contribution in [1.29, 1.82) is 0 Å². The number of benzene rings is 3. The molecule has 2 amide bonds. The third-order valence-electron chi connectivity index (χ3n) is 6.46. The zero-order chi connectivity index (χ0) is 28.3. The molecule has 1 aliphatic heterocycles. The predicted molar refractivity (Wildman–Crippen MR) is 165 cm³/mol. The van der Waals surface area contributed by atoms with Crippen molar-refractivity contribution in [2.75, 3.05) is 0 Å². The van der Waals surface area contributed by atoms with E-state index in [0.29, 0.717) is 31.0 Å². The van der Waals surface area contributed by atoms with E-state index >= 15 is 0 Å². The van der Waals surface area contributed by atoms with Crippen LogP contribution in [0.15, 0.2) is 63.5 Å². The van der Waals surface area contributed by atoms with Crippen LogP contribution in [0.5, 0.6) is 5.75 Å². The van der Waals surface area contributed by atoms with E-state index in [0.717, 1.165) is 32.1 Å². The van der Waals surface area contributed by atoms with Gasteiger partial charge in [0.25, 0.3) is 5.91 Å². The Balaban J connectivity index is 0.00000441. The second-order valence-corrected chi connectivity index (χ2v) is 12.5. The van der Waals surface area contributed by atoms with Gasteiger partial charge in [-0.15, -0.1) is 0 Å². The fraction of sp³-hybridized carbons (Fsp3) is 0.276. The Kier molecular flexibility index (Phi) is 13.1. The van der Waals surface area contributed by atoms with Gasteiger partial charge in [0.05, 0.1) is 8.95 Å². The zero-order valence-corrected chi connectivity index (χ0v) is 31.4. The van der Waals surface area contributed by atoms with Crippen molar-refractivity contribution in [3.8, 4) is 28.2 Å². The summed E-state index contributed by atoms with van der Waals surface area (Å²) in [6.45, 7) is 2.16. The summed E-state index contributed by atoms with van der Waals surface area (Å²) in [4.78, 5) is 38.7. The fourth-order valence-corrected chi connectivity index (χ4v) is 6.90. The van der Waals surface area contributed by atoms with Crippen molar-refractivity contribution in [3.63, 3.8) is 0 Å². The van der Waals surface area contributed by atoms with Crippen molar-refractivity contribution in [3.05, 3.63) is 70.1 Å². The number of carbonyl (C=O) groups excluding carboxylic acids is 2. The monoisotopic (exact) mass is 821 g/mol. The largest absolute Gasteiger partial charge is 1.00 e. The fourth-order valence-electron chi connectivity index (χ4n) is 4.50. The minimum Gasteiger partial charge on any atom is -0.871 e. The summed E-state index contributed by atoms with van der Waals surface area (Å²) in [7, 11) is 0. The predicted octanol–water partition coefficient (Wildman–Crippen LogP) is 5.70. The number of halogens is 4. The molecule has 2 aliphatic rings. The van der Waals surface area contributed by atoms with Gasteiger partial charge in [0.1, 0.15) is 10.1 Å². The molecule has 204 valence electrons. The van der Waals surface area contributed by atoms with Crippen LogP contribution < -0.4 is 67.2 Å². The Morgan fingerprint density at radius 2 is 1.57 bits per heavy atom. The summed E-state index contributed by atoms with van der Waals surface area (Å²) in [5.74, 6) is -0.951. The minimum atomic E-state index is -0.527. The number of imide groups is 1. The third-order valence-corrected chi connectivity index (χ3v) is 9.08. The van der Waals surface area contributed by atoms with Crippen LogP contribution in [0, 0.1) is 0 Å². The number of amides is 2. The number of fused-ring (bicyclic) bond motifs is 2.